The van der Waals surface area contributed by atoms with Crippen molar-refractivity contribution in [3.8, 4) is 5.75 Å². The van der Waals surface area contributed by atoms with Gasteiger partial charge in [-0.1, -0.05) is 55.7 Å². The summed E-state index contributed by atoms with van der Waals surface area (Å²) < 4.78 is 6.20. The summed E-state index contributed by atoms with van der Waals surface area (Å²) in [5.74, 6) is 2.10. The molecule has 3 aromatic carbocycles. The number of thiol groups is 1. The second-order valence-electron chi connectivity index (χ2n) is 10.7. The molecule has 0 radical (unpaired) electrons. The Morgan fingerprint density at radius 1 is 0.824 bits per heavy atom. The molecule has 3 aromatic rings. The van der Waals surface area contributed by atoms with Crippen molar-refractivity contribution in [1.82, 2.24) is 0 Å². The van der Waals surface area contributed by atoms with E-state index < -0.39 is 10.9 Å². The van der Waals surface area contributed by atoms with Crippen LogP contribution in [0.4, 0.5) is 0 Å². The van der Waals surface area contributed by atoms with E-state index in [2.05, 4.69) is 93.6 Å². The van der Waals surface area contributed by atoms with Crippen molar-refractivity contribution in [2.45, 2.75) is 74.0 Å². The van der Waals surface area contributed by atoms with Crippen LogP contribution < -0.4 is 4.74 Å². The number of ether oxygens (including phenoxy) is 1. The van der Waals surface area contributed by atoms with Crippen molar-refractivity contribution >= 4 is 16.9 Å². The second kappa shape index (κ2) is 9.62. The molecule has 2 bridgehead atoms. The highest BCUT2D eigenvalue weighted by Gasteiger charge is 2.45. The number of carbonyl (C=O) groups is 1. The molecular weight excluding hydrogens is 436 g/mol. The Bertz CT molecular complexity index is 1080. The maximum atomic E-state index is 13.5. The summed E-state index contributed by atoms with van der Waals surface area (Å²) in [7, 11) is -0.681. The first-order valence-corrected chi connectivity index (χ1v) is 14.0. The van der Waals surface area contributed by atoms with Crippen molar-refractivity contribution in [3.63, 3.8) is 0 Å². The summed E-state index contributed by atoms with van der Waals surface area (Å²) in [6, 6.07) is 26.0. The van der Waals surface area contributed by atoms with E-state index in [1.165, 1.54) is 40.4 Å². The molecule has 34 heavy (non-hydrogen) atoms. The van der Waals surface area contributed by atoms with Crippen LogP contribution in [0, 0.1) is 31.1 Å². The van der Waals surface area contributed by atoms with E-state index in [1.807, 2.05) is 0 Å². The highest BCUT2D eigenvalue weighted by atomic mass is 32.2. The van der Waals surface area contributed by atoms with Gasteiger partial charge in [0.1, 0.15) is 5.75 Å². The molecule has 5 rings (SSSR count). The first kappa shape index (κ1) is 23.2. The van der Waals surface area contributed by atoms with Crippen molar-refractivity contribution in [2.75, 3.05) is 0 Å². The number of fused-ring (bicyclic) bond motifs is 2. The van der Waals surface area contributed by atoms with Crippen LogP contribution in [0.15, 0.2) is 87.5 Å². The van der Waals surface area contributed by atoms with Crippen LogP contribution in [-0.4, -0.2) is 5.97 Å². The van der Waals surface area contributed by atoms with Crippen LogP contribution in [0.3, 0.4) is 0 Å². The van der Waals surface area contributed by atoms with Crippen molar-refractivity contribution in [2.24, 2.45) is 17.3 Å². The van der Waals surface area contributed by atoms with E-state index in [0.717, 1.165) is 29.7 Å². The second-order valence-corrected chi connectivity index (χ2v) is 12.9. The zero-order chi connectivity index (χ0) is 23.7. The molecule has 0 spiro atoms. The minimum Gasteiger partial charge on any atom is -0.426 e. The monoisotopic (exact) mass is 472 g/mol. The van der Waals surface area contributed by atoms with E-state index in [-0.39, 0.29) is 11.4 Å². The van der Waals surface area contributed by atoms with Gasteiger partial charge in [-0.15, -0.1) is 0 Å². The molecule has 2 atom stereocenters. The summed E-state index contributed by atoms with van der Waals surface area (Å²) in [5.41, 5.74) is 1.73. The summed E-state index contributed by atoms with van der Waals surface area (Å²) in [4.78, 5) is 17.4. The Morgan fingerprint density at radius 3 is 1.82 bits per heavy atom. The number of hydrogen-bond acceptors (Lipinski definition) is 2. The smallest absolute Gasteiger partial charge is 0.317 e. The molecule has 2 fully saturated rings. The molecule has 0 amide bonds. The average Bonchev–Trinajstić information content (AvgIpc) is 2.82. The Morgan fingerprint density at radius 2 is 1.32 bits per heavy atom. The molecule has 2 saturated carbocycles. The highest BCUT2D eigenvalue weighted by molar-refractivity contribution is 8.17. The third kappa shape index (κ3) is 4.68. The van der Waals surface area contributed by atoms with Gasteiger partial charge in [-0.2, -0.15) is 10.9 Å². The first-order valence-electron chi connectivity index (χ1n) is 12.7. The van der Waals surface area contributed by atoms with Gasteiger partial charge in [0.25, 0.3) is 0 Å². The van der Waals surface area contributed by atoms with Crippen LogP contribution >= 0.6 is 10.9 Å². The highest BCUT2D eigenvalue weighted by Crippen LogP contribution is 2.53. The quantitative estimate of drug-likeness (QED) is 0.230. The molecule has 2 aliphatic carbocycles. The molecule has 3 heteroatoms. The zero-order valence-corrected chi connectivity index (χ0v) is 21.5. The predicted molar refractivity (Wildman–Crippen MR) is 141 cm³/mol. The molecule has 2 nitrogen and oxygen atoms in total. The number of esters is 1. The van der Waals surface area contributed by atoms with Gasteiger partial charge < -0.3 is 4.74 Å². The SMILES string of the molecule is Cc1cc([SH](c2ccccc2)c2ccccc2)cc(C)c1OC(=O)C1(C)CC2CCCC(C2)C1. The van der Waals surface area contributed by atoms with E-state index in [4.69, 9.17) is 4.74 Å². The number of rotatable bonds is 5. The lowest BCUT2D eigenvalue weighted by Gasteiger charge is -2.43. The summed E-state index contributed by atoms with van der Waals surface area (Å²) in [6.07, 6.45) is 7.13. The lowest BCUT2D eigenvalue weighted by atomic mass is 9.61. The van der Waals surface area contributed by atoms with Crippen molar-refractivity contribution in [1.29, 1.82) is 0 Å². The number of carbonyl (C=O) groups excluding carboxylic acids is 1. The first-order chi connectivity index (χ1) is 16.4. The van der Waals surface area contributed by atoms with Crippen LogP contribution in [0.5, 0.6) is 5.75 Å². The van der Waals surface area contributed by atoms with Gasteiger partial charge >= 0.3 is 5.97 Å². The van der Waals surface area contributed by atoms with Gasteiger partial charge in [0, 0.05) is 0 Å². The van der Waals surface area contributed by atoms with Crippen molar-refractivity contribution in [3.05, 3.63) is 83.9 Å². The molecule has 178 valence electrons. The molecule has 0 aliphatic heterocycles. The van der Waals surface area contributed by atoms with E-state index in [1.54, 1.807) is 0 Å². The lowest BCUT2D eigenvalue weighted by Crippen LogP contribution is -2.41. The van der Waals surface area contributed by atoms with Gasteiger partial charge in [-0.25, -0.2) is 0 Å². The Labute approximate surface area is 207 Å². The number of aryl methyl sites for hydroxylation is 2. The molecule has 2 aliphatic rings. The van der Waals surface area contributed by atoms with E-state index in [0.29, 0.717) is 11.8 Å². The Balaban J connectivity index is 1.45. The van der Waals surface area contributed by atoms with Crippen molar-refractivity contribution < 1.29 is 9.53 Å². The average molecular weight is 473 g/mol. The van der Waals surface area contributed by atoms with Crippen LogP contribution in [0.2, 0.25) is 0 Å². The van der Waals surface area contributed by atoms with Gasteiger partial charge in [0.2, 0.25) is 0 Å². The van der Waals surface area contributed by atoms with E-state index in [9.17, 15) is 4.79 Å². The molecule has 0 aromatic heterocycles. The van der Waals surface area contributed by atoms with E-state index >= 15 is 0 Å². The molecule has 0 saturated heterocycles. The Kier molecular flexibility index (Phi) is 6.57. The number of hydrogen-bond donors (Lipinski definition) is 1. The minimum atomic E-state index is -0.681. The zero-order valence-electron chi connectivity index (χ0n) is 20.6. The van der Waals surface area contributed by atoms with Crippen LogP contribution in [-0.2, 0) is 4.79 Å². The maximum Gasteiger partial charge on any atom is 0.317 e. The summed E-state index contributed by atoms with van der Waals surface area (Å²) in [5, 5.41) is 0. The fourth-order valence-corrected chi connectivity index (χ4v) is 8.81. The number of benzene rings is 3. The third-order valence-electron chi connectivity index (χ3n) is 7.79. The van der Waals surface area contributed by atoms with Crippen LogP contribution in [0.25, 0.3) is 0 Å². The molecular formula is C31H36O2S. The fraction of sp³-hybridized carbons (Fsp3) is 0.387. The standard InChI is InChI=1S/C31H36O2S/c1-22-17-28(34(26-13-6-4-7-14-26)27-15-8-5-9-16-27)18-23(2)29(22)33-30(32)31(3)20-24-11-10-12-25(19-24)21-31/h4-9,13-18,24-25,34H,10-12,19-21H2,1-3H3. The normalized spacial score (nSPS) is 24.4. The third-order valence-corrected chi connectivity index (χ3v) is 10.2. The van der Waals surface area contributed by atoms with Gasteiger partial charge in [0.05, 0.1) is 5.41 Å². The van der Waals surface area contributed by atoms with Gasteiger partial charge in [0.15, 0.2) is 0 Å². The maximum absolute atomic E-state index is 13.5. The summed E-state index contributed by atoms with van der Waals surface area (Å²) in [6.45, 7) is 6.31. The van der Waals surface area contributed by atoms with Gasteiger partial charge in [-0.05, 0) is 114 Å². The molecule has 2 unspecified atom stereocenters. The fourth-order valence-electron chi connectivity index (χ4n) is 6.33. The Hall–Kier alpha value is -2.52. The largest absolute Gasteiger partial charge is 0.426 e. The minimum absolute atomic E-state index is 0.0311. The predicted octanol–water partition coefficient (Wildman–Crippen LogP) is 8.29. The topological polar surface area (TPSA) is 26.3 Å². The molecule has 0 N–H and O–H groups in total. The molecule has 0 heterocycles. The summed E-state index contributed by atoms with van der Waals surface area (Å²) >= 11 is 0. The lowest BCUT2D eigenvalue weighted by molar-refractivity contribution is -0.150. The van der Waals surface area contributed by atoms with Gasteiger partial charge in [-0.3, -0.25) is 4.79 Å². The van der Waals surface area contributed by atoms with Crippen LogP contribution in [0.1, 0.15) is 56.6 Å².